The predicted octanol–water partition coefficient (Wildman–Crippen LogP) is 1.26. The second-order valence-electron chi connectivity index (χ2n) is 4.13. The Bertz CT molecular complexity index is 530. The van der Waals surface area contributed by atoms with E-state index in [1.165, 1.54) is 35.7 Å². The lowest BCUT2D eigenvalue weighted by Crippen LogP contribution is -2.27. The largest absolute Gasteiger partial charge is 0.465 e. The van der Waals surface area contributed by atoms with Crippen molar-refractivity contribution >= 4 is 16.0 Å². The van der Waals surface area contributed by atoms with Crippen LogP contribution in [0.15, 0.2) is 29.2 Å². The van der Waals surface area contributed by atoms with Crippen molar-refractivity contribution < 1.29 is 17.9 Å². The minimum atomic E-state index is -3.41. The molecule has 5 nitrogen and oxygen atoms in total. The van der Waals surface area contributed by atoms with Crippen molar-refractivity contribution in [2.75, 3.05) is 20.2 Å². The zero-order valence-corrected chi connectivity index (χ0v) is 10.9. The smallest absolute Gasteiger partial charge is 0.337 e. The van der Waals surface area contributed by atoms with Crippen molar-refractivity contribution in [2.24, 2.45) is 0 Å². The van der Waals surface area contributed by atoms with Gasteiger partial charge < -0.3 is 4.74 Å². The molecule has 0 atom stereocenters. The highest BCUT2D eigenvalue weighted by Gasteiger charge is 2.27. The Balaban J connectivity index is 2.26. The molecule has 0 spiro atoms. The molecule has 0 unspecified atom stereocenters. The fourth-order valence-corrected chi connectivity index (χ4v) is 3.48. The van der Waals surface area contributed by atoms with Gasteiger partial charge in [0.25, 0.3) is 0 Å². The van der Waals surface area contributed by atoms with E-state index in [1.54, 1.807) is 0 Å². The van der Waals surface area contributed by atoms with Gasteiger partial charge in [0.1, 0.15) is 0 Å². The predicted molar refractivity (Wildman–Crippen MR) is 65.8 cm³/mol. The maximum atomic E-state index is 12.2. The summed E-state index contributed by atoms with van der Waals surface area (Å²) in [6, 6.07) is 5.82. The molecule has 0 bridgehead atoms. The average Bonchev–Trinajstić information content (AvgIpc) is 2.92. The second-order valence-corrected chi connectivity index (χ2v) is 6.07. The molecule has 0 amide bonds. The van der Waals surface area contributed by atoms with Crippen molar-refractivity contribution in [1.82, 2.24) is 4.31 Å². The highest BCUT2D eigenvalue weighted by Crippen LogP contribution is 2.21. The van der Waals surface area contributed by atoms with Gasteiger partial charge in [0.05, 0.1) is 17.6 Å². The lowest BCUT2D eigenvalue weighted by molar-refractivity contribution is 0.0600. The average molecular weight is 269 g/mol. The van der Waals surface area contributed by atoms with Crippen LogP contribution in [0.1, 0.15) is 23.2 Å². The first-order chi connectivity index (χ1) is 8.55. The van der Waals surface area contributed by atoms with Gasteiger partial charge in [-0.2, -0.15) is 4.31 Å². The molecule has 0 aromatic heterocycles. The summed E-state index contributed by atoms with van der Waals surface area (Å²) in [7, 11) is -2.12. The summed E-state index contributed by atoms with van der Waals surface area (Å²) < 4.78 is 30.4. The van der Waals surface area contributed by atoms with Crippen LogP contribution in [0.2, 0.25) is 0 Å². The Hall–Kier alpha value is -1.40. The third-order valence-electron chi connectivity index (χ3n) is 2.98. The Morgan fingerprint density at radius 2 is 1.72 bits per heavy atom. The van der Waals surface area contributed by atoms with Crippen LogP contribution in [0, 0.1) is 0 Å². The zero-order valence-electron chi connectivity index (χ0n) is 10.1. The number of hydrogen-bond acceptors (Lipinski definition) is 4. The topological polar surface area (TPSA) is 63.7 Å². The summed E-state index contributed by atoms with van der Waals surface area (Å²) >= 11 is 0. The number of rotatable bonds is 3. The molecule has 0 N–H and O–H groups in total. The van der Waals surface area contributed by atoms with Crippen LogP contribution < -0.4 is 0 Å². The Kier molecular flexibility index (Phi) is 3.68. The van der Waals surface area contributed by atoms with Crippen molar-refractivity contribution in [3.05, 3.63) is 29.8 Å². The van der Waals surface area contributed by atoms with E-state index in [2.05, 4.69) is 4.74 Å². The Morgan fingerprint density at radius 3 is 2.22 bits per heavy atom. The minimum Gasteiger partial charge on any atom is -0.465 e. The maximum absolute atomic E-state index is 12.2. The number of methoxy groups -OCH3 is 1. The van der Waals surface area contributed by atoms with Crippen LogP contribution in [0.25, 0.3) is 0 Å². The molecular formula is C12H15NO4S. The summed E-state index contributed by atoms with van der Waals surface area (Å²) in [5.41, 5.74) is 0.345. The first kappa shape index (κ1) is 13.0. The molecule has 0 radical (unpaired) electrons. The van der Waals surface area contributed by atoms with E-state index < -0.39 is 16.0 Å². The van der Waals surface area contributed by atoms with Crippen molar-refractivity contribution in [3.63, 3.8) is 0 Å². The van der Waals surface area contributed by atoms with Crippen molar-refractivity contribution in [3.8, 4) is 0 Å². The Morgan fingerprint density at radius 1 is 1.17 bits per heavy atom. The van der Waals surface area contributed by atoms with E-state index >= 15 is 0 Å². The quantitative estimate of drug-likeness (QED) is 0.775. The lowest BCUT2D eigenvalue weighted by Gasteiger charge is -2.15. The molecule has 2 rings (SSSR count). The molecule has 0 aliphatic carbocycles. The fourth-order valence-electron chi connectivity index (χ4n) is 1.96. The number of nitrogens with zero attached hydrogens (tertiary/aromatic N) is 1. The zero-order chi connectivity index (χ0) is 13.2. The van der Waals surface area contributed by atoms with E-state index in [4.69, 9.17) is 0 Å². The fraction of sp³-hybridized carbons (Fsp3) is 0.417. The van der Waals surface area contributed by atoms with Gasteiger partial charge in [-0.25, -0.2) is 13.2 Å². The summed E-state index contributed by atoms with van der Waals surface area (Å²) in [4.78, 5) is 11.5. The molecule has 1 aliphatic rings. The lowest BCUT2D eigenvalue weighted by atomic mass is 10.2. The molecule has 1 aromatic rings. The first-order valence-electron chi connectivity index (χ1n) is 5.74. The molecular weight excluding hydrogens is 254 g/mol. The normalized spacial score (nSPS) is 16.7. The van der Waals surface area contributed by atoms with Crippen LogP contribution >= 0.6 is 0 Å². The number of hydrogen-bond donors (Lipinski definition) is 0. The highest BCUT2D eigenvalue weighted by molar-refractivity contribution is 7.89. The van der Waals surface area contributed by atoms with E-state index in [9.17, 15) is 13.2 Å². The number of sulfonamides is 1. The summed E-state index contributed by atoms with van der Waals surface area (Å²) in [6.07, 6.45) is 1.80. The first-order valence-corrected chi connectivity index (χ1v) is 7.18. The van der Waals surface area contributed by atoms with Gasteiger partial charge >= 0.3 is 5.97 Å². The monoisotopic (exact) mass is 269 g/mol. The van der Waals surface area contributed by atoms with Gasteiger partial charge in [-0.3, -0.25) is 0 Å². The van der Waals surface area contributed by atoms with Crippen molar-refractivity contribution in [1.29, 1.82) is 0 Å². The third-order valence-corrected chi connectivity index (χ3v) is 4.89. The highest BCUT2D eigenvalue weighted by atomic mass is 32.2. The minimum absolute atomic E-state index is 0.219. The molecule has 1 aromatic carbocycles. The molecule has 18 heavy (non-hydrogen) atoms. The summed E-state index contributed by atoms with van der Waals surface area (Å²) in [5.74, 6) is -0.472. The molecule has 6 heteroatoms. The molecule has 1 aliphatic heterocycles. The number of carbonyl (C=O) groups is 1. The van der Waals surface area contributed by atoms with Crippen LogP contribution in [-0.4, -0.2) is 38.9 Å². The molecule has 1 saturated heterocycles. The Labute approximate surface area is 106 Å². The summed E-state index contributed by atoms with van der Waals surface area (Å²) in [5, 5.41) is 0. The van der Waals surface area contributed by atoms with E-state index in [1.807, 2.05) is 0 Å². The maximum Gasteiger partial charge on any atom is 0.337 e. The third kappa shape index (κ3) is 2.39. The van der Waals surface area contributed by atoms with Gasteiger partial charge in [-0.05, 0) is 37.1 Å². The van der Waals surface area contributed by atoms with Crippen LogP contribution in [0.3, 0.4) is 0 Å². The molecule has 1 fully saturated rings. The number of benzene rings is 1. The van der Waals surface area contributed by atoms with E-state index in [-0.39, 0.29) is 4.90 Å². The molecule has 1 heterocycles. The van der Waals surface area contributed by atoms with Gasteiger partial charge in [0, 0.05) is 13.1 Å². The van der Waals surface area contributed by atoms with Crippen LogP contribution in [0.5, 0.6) is 0 Å². The van der Waals surface area contributed by atoms with Gasteiger partial charge in [-0.15, -0.1) is 0 Å². The SMILES string of the molecule is COC(=O)c1ccc(S(=O)(=O)N2CCCC2)cc1. The van der Waals surface area contributed by atoms with E-state index in [0.29, 0.717) is 18.7 Å². The molecule has 0 saturated carbocycles. The number of carbonyl (C=O) groups excluding carboxylic acids is 1. The number of ether oxygens (including phenoxy) is 1. The summed E-state index contributed by atoms with van der Waals surface area (Å²) in [6.45, 7) is 1.14. The van der Waals surface area contributed by atoms with Crippen LogP contribution in [0.4, 0.5) is 0 Å². The standard InChI is InChI=1S/C12H15NO4S/c1-17-12(14)10-4-6-11(7-5-10)18(15,16)13-8-2-3-9-13/h4-7H,2-3,8-9H2,1H3. The second kappa shape index (κ2) is 5.07. The van der Waals surface area contributed by atoms with E-state index in [0.717, 1.165) is 12.8 Å². The van der Waals surface area contributed by atoms with Gasteiger partial charge in [-0.1, -0.05) is 0 Å². The van der Waals surface area contributed by atoms with Crippen LogP contribution in [-0.2, 0) is 14.8 Å². The van der Waals surface area contributed by atoms with Gasteiger partial charge in [0.15, 0.2) is 0 Å². The van der Waals surface area contributed by atoms with Crippen molar-refractivity contribution in [2.45, 2.75) is 17.7 Å². The number of esters is 1. The molecule has 98 valence electrons. The van der Waals surface area contributed by atoms with Gasteiger partial charge in [0.2, 0.25) is 10.0 Å².